The van der Waals surface area contributed by atoms with Crippen LogP contribution >= 0.6 is 0 Å². The van der Waals surface area contributed by atoms with Crippen molar-refractivity contribution in [2.24, 2.45) is 4.99 Å². The molecule has 32 heavy (non-hydrogen) atoms. The number of aliphatic carboxylic acids is 1. The van der Waals surface area contributed by atoms with Crippen LogP contribution in [-0.4, -0.2) is 124 Å². The van der Waals surface area contributed by atoms with Crippen LogP contribution in [0.4, 0.5) is 0 Å². The average Bonchev–Trinajstić information content (AvgIpc) is 3.09. The minimum atomic E-state index is -1.55. The summed E-state index contributed by atoms with van der Waals surface area (Å²) in [5.74, 6) is -1.49. The minimum absolute atomic E-state index is 0.272. The van der Waals surface area contributed by atoms with Crippen molar-refractivity contribution in [1.82, 2.24) is 5.32 Å². The summed E-state index contributed by atoms with van der Waals surface area (Å²) in [7, 11) is 0. The highest BCUT2D eigenvalue weighted by molar-refractivity contribution is 5.75. The number of ether oxygens (including phenoxy) is 5. The normalized spacial score (nSPS) is 41.4. The van der Waals surface area contributed by atoms with E-state index in [-0.39, 0.29) is 12.5 Å². The van der Waals surface area contributed by atoms with Gasteiger partial charge in [-0.2, -0.15) is 0 Å². The lowest BCUT2D eigenvalue weighted by Gasteiger charge is -2.46. The molecule has 0 saturated carbocycles. The predicted molar refractivity (Wildman–Crippen MR) is 101 cm³/mol. The zero-order valence-electron chi connectivity index (χ0n) is 17.4. The summed E-state index contributed by atoms with van der Waals surface area (Å²) < 4.78 is 27.7. The van der Waals surface area contributed by atoms with Gasteiger partial charge in [-0.15, -0.1) is 0 Å². The number of carboxylic acids is 1. The highest BCUT2D eigenvalue weighted by atomic mass is 16.7. The zero-order chi connectivity index (χ0) is 23.6. The Labute approximate surface area is 182 Å². The molecule has 0 aromatic carbocycles. The molecule has 14 heteroatoms. The fraction of sp³-hybridized carbons (Fsp3) is 0.833. The lowest BCUT2D eigenvalue weighted by atomic mass is 9.95. The van der Waals surface area contributed by atoms with E-state index in [9.17, 15) is 30.0 Å². The number of nitrogens with zero attached hydrogens (tertiary/aromatic N) is 1. The van der Waals surface area contributed by atoms with Crippen molar-refractivity contribution in [3.05, 3.63) is 0 Å². The molecule has 14 nitrogen and oxygen atoms in total. The first-order valence-corrected chi connectivity index (χ1v) is 10.0. The number of aliphatic hydroxyl groups is 4. The van der Waals surface area contributed by atoms with E-state index < -0.39 is 86.4 Å². The summed E-state index contributed by atoms with van der Waals surface area (Å²) in [4.78, 5) is 26.6. The maximum Gasteiger partial charge on any atom is 0.329 e. The Balaban J connectivity index is 1.82. The molecule has 0 aliphatic carbocycles. The Bertz CT molecular complexity index is 720. The van der Waals surface area contributed by atoms with Gasteiger partial charge in [-0.25, -0.2) is 9.79 Å². The third kappa shape index (κ3) is 5.35. The van der Waals surface area contributed by atoms with Crippen molar-refractivity contribution in [2.75, 3.05) is 19.8 Å². The van der Waals surface area contributed by atoms with Crippen LogP contribution in [0.5, 0.6) is 0 Å². The Morgan fingerprint density at radius 2 is 1.84 bits per heavy atom. The first-order chi connectivity index (χ1) is 15.1. The maximum absolute atomic E-state index is 11.6. The molecule has 3 aliphatic heterocycles. The quantitative estimate of drug-likeness (QED) is 0.205. The number of aliphatic imine (C=N–C) groups is 1. The summed E-state index contributed by atoms with van der Waals surface area (Å²) in [6.45, 7) is 1.18. The van der Waals surface area contributed by atoms with Crippen molar-refractivity contribution in [3.8, 4) is 0 Å². The number of carboxylic acid groups (broad SMARTS) is 1. The fourth-order valence-electron chi connectivity index (χ4n) is 3.85. The van der Waals surface area contributed by atoms with E-state index in [1.54, 1.807) is 6.92 Å². The lowest BCUT2D eigenvalue weighted by Crippen LogP contribution is -2.67. The molecule has 0 aromatic heterocycles. The van der Waals surface area contributed by atoms with Crippen LogP contribution in [0, 0.1) is 0 Å². The van der Waals surface area contributed by atoms with Crippen LogP contribution in [0.3, 0.4) is 0 Å². The number of fused-ring (bicyclic) bond motifs is 1. The molecular formula is C18H28N2O12. The molecule has 6 N–H and O–H groups in total. The van der Waals surface area contributed by atoms with Crippen LogP contribution in [0.15, 0.2) is 4.99 Å². The number of amides is 1. The number of nitrogens with one attached hydrogen (secondary N) is 1. The van der Waals surface area contributed by atoms with Crippen LogP contribution in [0.2, 0.25) is 0 Å². The average molecular weight is 464 g/mol. The zero-order valence-corrected chi connectivity index (χ0v) is 17.4. The number of carbonyl (C=O) groups is 2. The van der Waals surface area contributed by atoms with Gasteiger partial charge >= 0.3 is 5.97 Å². The Kier molecular flexibility index (Phi) is 8.00. The van der Waals surface area contributed by atoms with Crippen LogP contribution in [0.1, 0.15) is 13.8 Å². The summed E-state index contributed by atoms with van der Waals surface area (Å²) in [5, 5.41) is 52.2. The third-order valence-electron chi connectivity index (χ3n) is 5.31. The van der Waals surface area contributed by atoms with Gasteiger partial charge in [-0.3, -0.25) is 4.79 Å². The van der Waals surface area contributed by atoms with Crippen molar-refractivity contribution >= 4 is 17.8 Å². The van der Waals surface area contributed by atoms with E-state index in [4.69, 9.17) is 28.8 Å². The molecule has 3 heterocycles. The van der Waals surface area contributed by atoms with Gasteiger partial charge in [0.15, 0.2) is 12.2 Å². The smallest absolute Gasteiger partial charge is 0.329 e. The molecule has 182 valence electrons. The fourth-order valence-corrected chi connectivity index (χ4v) is 3.85. The first kappa shape index (κ1) is 24.7. The Hall–Kier alpha value is -1.91. The second-order valence-electron chi connectivity index (χ2n) is 7.73. The molecule has 0 spiro atoms. The van der Waals surface area contributed by atoms with E-state index in [2.05, 4.69) is 10.3 Å². The van der Waals surface area contributed by atoms with Gasteiger partial charge in [0.05, 0.1) is 13.2 Å². The SMILES string of the molecule is CC(=O)N[C@H]1[C@H](O[C@H]2[C@H](O)[C@H]3N=C(C)O[C@H]3O[C@@H]2COCC(=O)O)O[C@H](CO)[C@@H](O)[C@@H]1O. The van der Waals surface area contributed by atoms with Crippen molar-refractivity contribution < 1.29 is 58.8 Å². The van der Waals surface area contributed by atoms with Crippen LogP contribution < -0.4 is 5.32 Å². The Morgan fingerprint density at radius 3 is 2.47 bits per heavy atom. The standard InChI is InChI=1S/C18H28N2O12/c1-6(22)19-11-14(26)13(25)8(3-21)30-18(11)32-16-9(4-28-5-10(23)24)31-17-12(15(16)27)20-7(2)29-17/h8-9,11-18,21,25-27H,3-5H2,1-2H3,(H,19,22)(H,23,24)/t8-,9-,11-,12-,13-,14-,15-,16-,17+,18+/m1/s1. The second-order valence-corrected chi connectivity index (χ2v) is 7.73. The molecule has 3 rings (SSSR count). The molecule has 0 bridgehead atoms. The monoisotopic (exact) mass is 464 g/mol. The van der Waals surface area contributed by atoms with Gasteiger partial charge in [-0.1, -0.05) is 0 Å². The third-order valence-corrected chi connectivity index (χ3v) is 5.31. The van der Waals surface area contributed by atoms with E-state index in [0.717, 1.165) is 0 Å². The van der Waals surface area contributed by atoms with Gasteiger partial charge in [-0.05, 0) is 0 Å². The molecule has 0 aromatic rings. The molecular weight excluding hydrogens is 436 g/mol. The molecule has 3 aliphatic rings. The van der Waals surface area contributed by atoms with Gasteiger partial charge < -0.3 is 54.5 Å². The topological polar surface area (TPSA) is 206 Å². The molecule has 10 atom stereocenters. The molecule has 1 amide bonds. The Morgan fingerprint density at radius 1 is 1.12 bits per heavy atom. The highest BCUT2D eigenvalue weighted by Gasteiger charge is 2.53. The largest absolute Gasteiger partial charge is 0.480 e. The summed E-state index contributed by atoms with van der Waals surface area (Å²) in [5.41, 5.74) is 0. The van der Waals surface area contributed by atoms with E-state index >= 15 is 0 Å². The lowest BCUT2D eigenvalue weighted by molar-refractivity contribution is -0.323. The second kappa shape index (κ2) is 10.4. The van der Waals surface area contributed by atoms with Gasteiger partial charge in [0.25, 0.3) is 0 Å². The van der Waals surface area contributed by atoms with Crippen LogP contribution in [0.25, 0.3) is 0 Å². The molecule has 2 fully saturated rings. The van der Waals surface area contributed by atoms with Gasteiger partial charge in [0.1, 0.15) is 55.3 Å². The van der Waals surface area contributed by atoms with E-state index in [1.807, 2.05) is 0 Å². The van der Waals surface area contributed by atoms with E-state index in [1.165, 1.54) is 6.92 Å². The van der Waals surface area contributed by atoms with Crippen molar-refractivity contribution in [2.45, 2.75) is 75.1 Å². The molecule has 0 radical (unpaired) electrons. The van der Waals surface area contributed by atoms with Crippen molar-refractivity contribution in [1.29, 1.82) is 0 Å². The summed E-state index contributed by atoms with van der Waals surface area (Å²) in [6.07, 6.45) is -10.2. The predicted octanol–water partition coefficient (Wildman–Crippen LogP) is -3.68. The number of rotatable bonds is 8. The molecule has 2 saturated heterocycles. The summed E-state index contributed by atoms with van der Waals surface area (Å²) in [6, 6.07) is -2.11. The highest BCUT2D eigenvalue weighted by Crippen LogP contribution is 2.33. The maximum atomic E-state index is 11.6. The number of aliphatic hydroxyl groups excluding tert-OH is 4. The minimum Gasteiger partial charge on any atom is -0.480 e. The first-order valence-electron chi connectivity index (χ1n) is 10.0. The van der Waals surface area contributed by atoms with E-state index in [0.29, 0.717) is 0 Å². The number of hydrogen-bond donors (Lipinski definition) is 6. The van der Waals surface area contributed by atoms with Gasteiger partial charge in [0, 0.05) is 13.8 Å². The summed E-state index contributed by atoms with van der Waals surface area (Å²) >= 11 is 0. The number of hydrogen-bond acceptors (Lipinski definition) is 12. The molecule has 0 unspecified atom stereocenters. The number of carbonyl (C=O) groups excluding carboxylic acids is 1. The van der Waals surface area contributed by atoms with Crippen molar-refractivity contribution in [3.63, 3.8) is 0 Å². The van der Waals surface area contributed by atoms with Crippen LogP contribution in [-0.2, 0) is 33.3 Å². The van der Waals surface area contributed by atoms with Gasteiger partial charge in [0.2, 0.25) is 12.2 Å².